The molecule has 0 fully saturated rings. The van der Waals surface area contributed by atoms with Gasteiger partial charge in [-0.15, -0.1) is 0 Å². The van der Waals surface area contributed by atoms with Crippen LogP contribution in [0, 0.1) is 32.6 Å². The van der Waals surface area contributed by atoms with Gasteiger partial charge in [0.15, 0.2) is 0 Å². The quantitative estimate of drug-likeness (QED) is 0.147. The second-order valence-electron chi connectivity index (χ2n) is 15.4. The third kappa shape index (κ3) is 7.64. The van der Waals surface area contributed by atoms with Crippen LogP contribution in [0.1, 0.15) is 48.9 Å². The molecule has 0 radical (unpaired) electrons. The van der Waals surface area contributed by atoms with Crippen molar-refractivity contribution in [3.8, 4) is 22.3 Å². The van der Waals surface area contributed by atoms with Crippen molar-refractivity contribution in [3.05, 3.63) is 210 Å². The second kappa shape index (κ2) is 15.7. The van der Waals surface area contributed by atoms with Gasteiger partial charge in [-0.2, -0.15) is 0 Å². The Labute approximate surface area is 328 Å². The average molecular weight is 715 g/mol. The molecule has 6 aromatic carbocycles. The Hall–Kier alpha value is -6.12. The molecule has 0 saturated carbocycles. The fourth-order valence-corrected chi connectivity index (χ4v) is 7.87. The zero-order valence-electron chi connectivity index (χ0n) is 32.7. The molecule has 8 rings (SSSR count). The van der Waals surface area contributed by atoms with Crippen molar-refractivity contribution in [1.82, 2.24) is 0 Å². The number of benzene rings is 6. The standard InChI is InChI=1S/C53H50N2/c1-37-17-27-44(28-18-37)54(45-29-19-38(2)20-30-45)48-12-10-11-42(35-48)49-13-6-8-15-51(49)52-16-9-7-14-50(52)43-26-25-41(5)53(36-43)55(46-31-21-39(3)22-32-46)47-33-23-40(4)24-34-47/h6-19,21-24,26-36,38,41H,20,25H2,1-5H3. The van der Waals surface area contributed by atoms with E-state index in [1.807, 2.05) is 0 Å². The zero-order valence-corrected chi connectivity index (χ0v) is 32.7. The van der Waals surface area contributed by atoms with E-state index in [2.05, 4.69) is 220 Å². The minimum absolute atomic E-state index is 0.349. The van der Waals surface area contributed by atoms with Gasteiger partial charge in [0.25, 0.3) is 0 Å². The first kappa shape index (κ1) is 35.9. The average Bonchev–Trinajstić information content (AvgIpc) is 3.22. The molecule has 2 aliphatic carbocycles. The highest BCUT2D eigenvalue weighted by molar-refractivity contribution is 5.93. The molecular formula is C53H50N2. The van der Waals surface area contributed by atoms with Gasteiger partial charge in [0, 0.05) is 40.1 Å². The summed E-state index contributed by atoms with van der Waals surface area (Å²) in [6.07, 6.45) is 13.8. The lowest BCUT2D eigenvalue weighted by molar-refractivity contribution is 0.672. The highest BCUT2D eigenvalue weighted by Crippen LogP contribution is 2.43. The largest absolute Gasteiger partial charge is 0.314 e. The third-order valence-electron chi connectivity index (χ3n) is 11.1. The molecule has 2 atom stereocenters. The number of anilines is 4. The molecule has 0 aromatic heterocycles. The summed E-state index contributed by atoms with van der Waals surface area (Å²) >= 11 is 0. The van der Waals surface area contributed by atoms with E-state index in [1.54, 1.807) is 0 Å². The van der Waals surface area contributed by atoms with Gasteiger partial charge < -0.3 is 9.80 Å². The third-order valence-corrected chi connectivity index (χ3v) is 11.1. The second-order valence-corrected chi connectivity index (χ2v) is 15.4. The number of allylic oxidation sites excluding steroid dienone is 7. The molecular weight excluding hydrogens is 665 g/mol. The topological polar surface area (TPSA) is 6.48 Å². The maximum absolute atomic E-state index is 2.45. The van der Waals surface area contributed by atoms with Gasteiger partial charge in [0.2, 0.25) is 0 Å². The first-order chi connectivity index (χ1) is 26.8. The van der Waals surface area contributed by atoms with E-state index in [4.69, 9.17) is 0 Å². The molecule has 2 unspecified atom stereocenters. The minimum Gasteiger partial charge on any atom is -0.314 e. The van der Waals surface area contributed by atoms with E-state index in [0.717, 1.165) is 18.5 Å². The van der Waals surface area contributed by atoms with Crippen LogP contribution in [-0.2, 0) is 0 Å². The molecule has 0 saturated heterocycles. The Kier molecular flexibility index (Phi) is 10.2. The number of nitrogens with zero attached hydrogens (tertiary/aromatic N) is 2. The molecule has 0 heterocycles. The fraction of sp³-hybridized carbons (Fsp3) is 0.170. The molecule has 2 aliphatic rings. The van der Waals surface area contributed by atoms with E-state index < -0.39 is 0 Å². The van der Waals surface area contributed by atoms with E-state index in [-0.39, 0.29) is 0 Å². The molecule has 0 bridgehead atoms. The molecule has 55 heavy (non-hydrogen) atoms. The monoisotopic (exact) mass is 714 g/mol. The zero-order chi connectivity index (χ0) is 37.9. The minimum atomic E-state index is 0.349. The maximum Gasteiger partial charge on any atom is 0.0467 e. The van der Waals surface area contributed by atoms with Gasteiger partial charge in [-0.1, -0.05) is 146 Å². The summed E-state index contributed by atoms with van der Waals surface area (Å²) in [5.41, 5.74) is 18.4. The van der Waals surface area contributed by atoms with E-state index in [9.17, 15) is 0 Å². The first-order valence-electron chi connectivity index (χ1n) is 19.7. The van der Waals surface area contributed by atoms with Crippen LogP contribution in [0.25, 0.3) is 27.8 Å². The number of rotatable bonds is 9. The van der Waals surface area contributed by atoms with Crippen LogP contribution in [0.5, 0.6) is 0 Å². The molecule has 6 aromatic rings. The summed E-state index contributed by atoms with van der Waals surface area (Å²) in [4.78, 5) is 4.85. The van der Waals surface area contributed by atoms with Crippen LogP contribution in [0.2, 0.25) is 0 Å². The Balaban J connectivity index is 1.21. The van der Waals surface area contributed by atoms with Crippen molar-refractivity contribution < 1.29 is 0 Å². The molecule has 0 amide bonds. The summed E-state index contributed by atoms with van der Waals surface area (Å²) in [6, 6.07) is 53.6. The first-order valence-corrected chi connectivity index (χ1v) is 19.7. The summed E-state index contributed by atoms with van der Waals surface area (Å²) in [6.45, 7) is 11.1. The van der Waals surface area contributed by atoms with Crippen molar-refractivity contribution in [1.29, 1.82) is 0 Å². The highest BCUT2D eigenvalue weighted by Gasteiger charge is 2.25. The van der Waals surface area contributed by atoms with E-state index in [1.165, 1.54) is 78.5 Å². The number of aryl methyl sites for hydroxylation is 3. The smallest absolute Gasteiger partial charge is 0.0467 e. The molecule has 272 valence electrons. The van der Waals surface area contributed by atoms with E-state index in [0.29, 0.717) is 11.8 Å². The van der Waals surface area contributed by atoms with Gasteiger partial charge in [0.05, 0.1) is 0 Å². The van der Waals surface area contributed by atoms with Crippen molar-refractivity contribution in [2.75, 3.05) is 9.80 Å². The Morgan fingerprint density at radius 2 is 1.00 bits per heavy atom. The summed E-state index contributed by atoms with van der Waals surface area (Å²) in [7, 11) is 0. The molecule has 2 nitrogen and oxygen atoms in total. The predicted molar refractivity (Wildman–Crippen MR) is 236 cm³/mol. The van der Waals surface area contributed by atoms with Crippen LogP contribution in [-0.4, -0.2) is 0 Å². The summed E-state index contributed by atoms with van der Waals surface area (Å²) in [5.74, 6) is 0.894. The molecule has 0 spiro atoms. The fourth-order valence-electron chi connectivity index (χ4n) is 7.87. The van der Waals surface area contributed by atoms with Crippen LogP contribution < -0.4 is 9.80 Å². The number of hydrogen-bond donors (Lipinski definition) is 0. The maximum atomic E-state index is 2.45. The van der Waals surface area contributed by atoms with Crippen LogP contribution >= 0.6 is 0 Å². The van der Waals surface area contributed by atoms with Gasteiger partial charge in [-0.3, -0.25) is 0 Å². The summed E-state index contributed by atoms with van der Waals surface area (Å²) < 4.78 is 0. The van der Waals surface area contributed by atoms with Crippen LogP contribution in [0.3, 0.4) is 0 Å². The lowest BCUT2D eigenvalue weighted by atomic mass is 9.85. The Bertz CT molecular complexity index is 2380. The van der Waals surface area contributed by atoms with Crippen molar-refractivity contribution in [2.24, 2.45) is 11.8 Å². The van der Waals surface area contributed by atoms with Gasteiger partial charge in [0.1, 0.15) is 0 Å². The van der Waals surface area contributed by atoms with Crippen LogP contribution in [0.15, 0.2) is 187 Å². The van der Waals surface area contributed by atoms with Crippen molar-refractivity contribution in [2.45, 2.75) is 47.5 Å². The van der Waals surface area contributed by atoms with Crippen molar-refractivity contribution >= 4 is 28.3 Å². The van der Waals surface area contributed by atoms with Gasteiger partial charge >= 0.3 is 0 Å². The lowest BCUT2D eigenvalue weighted by Gasteiger charge is -2.34. The molecule has 2 heteroatoms. The normalized spacial score (nSPS) is 16.6. The van der Waals surface area contributed by atoms with Crippen LogP contribution in [0.4, 0.5) is 22.7 Å². The van der Waals surface area contributed by atoms with Gasteiger partial charge in [-0.25, -0.2) is 0 Å². The Morgan fingerprint density at radius 1 is 0.473 bits per heavy atom. The SMILES string of the molecule is Cc1ccc(N(C2=CCC(C)C=C2)c2cccc(-c3ccccc3-c3ccccc3C3=CCC(C)C(N(c4ccc(C)cc4)c4ccc(C)cc4)=C3)c2)cc1. The number of hydrogen-bond acceptors (Lipinski definition) is 2. The predicted octanol–water partition coefficient (Wildman–Crippen LogP) is 14.7. The molecule has 0 aliphatic heterocycles. The van der Waals surface area contributed by atoms with Gasteiger partial charge in [-0.05, 0) is 134 Å². The lowest BCUT2D eigenvalue weighted by Crippen LogP contribution is -2.23. The van der Waals surface area contributed by atoms with E-state index >= 15 is 0 Å². The van der Waals surface area contributed by atoms with Crippen molar-refractivity contribution in [3.63, 3.8) is 0 Å². The summed E-state index contributed by atoms with van der Waals surface area (Å²) in [5, 5.41) is 0. The Morgan fingerprint density at radius 3 is 1.56 bits per heavy atom. The highest BCUT2D eigenvalue weighted by atomic mass is 15.2. The molecule has 0 N–H and O–H groups in total.